The lowest BCUT2D eigenvalue weighted by Gasteiger charge is -2.15. The predicted octanol–water partition coefficient (Wildman–Crippen LogP) is 3.20. The van der Waals surface area contributed by atoms with Crippen molar-refractivity contribution in [2.24, 2.45) is 4.99 Å². The van der Waals surface area contributed by atoms with Gasteiger partial charge in [-0.2, -0.15) is 0 Å². The molecule has 1 aromatic heterocycles. The van der Waals surface area contributed by atoms with Crippen LogP contribution in [0.15, 0.2) is 26.8 Å². The Balaban J connectivity index is 1.93. The Hall–Kier alpha value is -1.13. The molecule has 0 N–H and O–H groups in total. The van der Waals surface area contributed by atoms with Crippen LogP contribution >= 0.6 is 34.7 Å². The van der Waals surface area contributed by atoms with Gasteiger partial charge in [-0.05, 0) is 36.3 Å². The number of fused-ring (bicyclic) bond motifs is 1. The molecule has 0 saturated carbocycles. The summed E-state index contributed by atoms with van der Waals surface area (Å²) in [6.45, 7) is 1.77. The molecule has 0 amide bonds. The summed E-state index contributed by atoms with van der Waals surface area (Å²) in [4.78, 5) is 26.9. The molecule has 1 aromatic carbocycles. The fraction of sp³-hybridized carbons (Fsp3) is 0.467. The zero-order chi connectivity index (χ0) is 17.8. The number of aromatic nitrogens is 2. The van der Waals surface area contributed by atoms with Crippen molar-refractivity contribution >= 4 is 40.4 Å². The quantitative estimate of drug-likeness (QED) is 0.320. The van der Waals surface area contributed by atoms with E-state index in [0.717, 1.165) is 24.2 Å². The first-order valence-corrected chi connectivity index (χ1v) is 9.91. The lowest BCUT2D eigenvalue weighted by atomic mass is 10.3. The number of benzene rings is 1. The molecule has 6 nitrogen and oxygen atoms in total. The van der Waals surface area contributed by atoms with E-state index in [1.54, 1.807) is 10.7 Å². The Morgan fingerprint density at radius 3 is 2.88 bits per heavy atom. The van der Waals surface area contributed by atoms with Crippen molar-refractivity contribution in [3.8, 4) is 0 Å². The average Bonchev–Trinajstić information content (AvgIpc) is 2.92. The number of nitrogens with zero attached hydrogens (tertiary/aromatic N) is 3. The molecule has 0 atom stereocenters. The molecule has 2 aromatic rings. The Morgan fingerprint density at radius 1 is 1.36 bits per heavy atom. The monoisotopic (exact) mass is 405 g/mol. The molecule has 0 aliphatic carbocycles. The van der Waals surface area contributed by atoms with Crippen molar-refractivity contribution in [2.75, 3.05) is 19.5 Å². The van der Waals surface area contributed by atoms with E-state index in [2.05, 4.69) is 9.88 Å². The highest BCUT2D eigenvalue weighted by Gasteiger charge is 2.14. The lowest BCUT2D eigenvalue weighted by molar-refractivity contribution is -0.267. The van der Waals surface area contributed by atoms with Crippen molar-refractivity contribution in [1.29, 1.82) is 0 Å². The summed E-state index contributed by atoms with van der Waals surface area (Å²) in [5.41, 5.74) is 0.169. The Kier molecular flexibility index (Phi) is 6.34. The highest BCUT2D eigenvalue weighted by molar-refractivity contribution is 7.99. The third-order valence-corrected chi connectivity index (χ3v) is 5.97. The standard InChI is InChI=1S/C15H17ClFN3O3S2/c1-22-23-6-7-24-13-9-12(11(17)8-10(13)16)18-14-19-4-2-3-5-20(19)15(21)25-14/h8-9H,2-7H2,1H3. The molecular weight excluding hydrogens is 389 g/mol. The van der Waals surface area contributed by atoms with Crippen molar-refractivity contribution in [2.45, 2.75) is 30.8 Å². The summed E-state index contributed by atoms with van der Waals surface area (Å²) in [6.07, 6.45) is 1.95. The first-order valence-electron chi connectivity index (χ1n) is 7.73. The van der Waals surface area contributed by atoms with Gasteiger partial charge in [0, 0.05) is 23.7 Å². The fourth-order valence-electron chi connectivity index (χ4n) is 2.50. The molecule has 1 aliphatic rings. The summed E-state index contributed by atoms with van der Waals surface area (Å²) < 4.78 is 17.8. The predicted molar refractivity (Wildman–Crippen MR) is 96.1 cm³/mol. The van der Waals surface area contributed by atoms with Gasteiger partial charge in [-0.3, -0.25) is 9.48 Å². The molecule has 3 rings (SSSR count). The second-order valence-electron chi connectivity index (χ2n) is 5.29. The Bertz CT molecular complexity index is 878. The minimum atomic E-state index is -0.515. The second kappa shape index (κ2) is 8.50. The molecule has 10 heteroatoms. The van der Waals surface area contributed by atoms with E-state index in [9.17, 15) is 9.18 Å². The summed E-state index contributed by atoms with van der Waals surface area (Å²) in [5, 5.41) is 0.318. The average molecular weight is 406 g/mol. The molecule has 25 heavy (non-hydrogen) atoms. The van der Waals surface area contributed by atoms with E-state index < -0.39 is 5.82 Å². The maximum absolute atomic E-state index is 14.3. The molecule has 0 radical (unpaired) electrons. The minimum Gasteiger partial charge on any atom is -0.256 e. The highest BCUT2D eigenvalue weighted by atomic mass is 35.5. The molecular formula is C15H17ClFN3O3S2. The van der Waals surface area contributed by atoms with E-state index in [1.165, 1.54) is 24.9 Å². The normalized spacial score (nSPS) is 14.8. The van der Waals surface area contributed by atoms with Crippen LogP contribution in [0, 0.1) is 5.82 Å². The van der Waals surface area contributed by atoms with Crippen LogP contribution in [0.1, 0.15) is 12.8 Å². The van der Waals surface area contributed by atoms with Crippen molar-refractivity contribution < 1.29 is 14.2 Å². The van der Waals surface area contributed by atoms with Gasteiger partial charge in [0.1, 0.15) is 11.5 Å². The van der Waals surface area contributed by atoms with E-state index in [-0.39, 0.29) is 10.6 Å². The molecule has 0 unspecified atom stereocenters. The van der Waals surface area contributed by atoms with Crippen LogP contribution in [0.2, 0.25) is 5.02 Å². The van der Waals surface area contributed by atoms with Crippen LogP contribution < -0.4 is 9.67 Å². The first kappa shape index (κ1) is 18.7. The molecule has 0 bridgehead atoms. The molecule has 136 valence electrons. The van der Waals surface area contributed by atoms with Crippen molar-refractivity contribution in [3.63, 3.8) is 0 Å². The number of rotatable bonds is 6. The molecule has 1 aliphatic heterocycles. The summed E-state index contributed by atoms with van der Waals surface area (Å²) >= 11 is 8.55. The third kappa shape index (κ3) is 4.35. The van der Waals surface area contributed by atoms with Crippen molar-refractivity contribution in [3.05, 3.63) is 37.4 Å². The van der Waals surface area contributed by atoms with Gasteiger partial charge < -0.3 is 0 Å². The minimum absolute atomic E-state index is 0.0702. The van der Waals surface area contributed by atoms with E-state index >= 15 is 0 Å². The molecule has 2 heterocycles. The van der Waals surface area contributed by atoms with Crippen LogP contribution in [0.5, 0.6) is 0 Å². The van der Waals surface area contributed by atoms with Gasteiger partial charge in [-0.25, -0.2) is 23.8 Å². The first-order chi connectivity index (χ1) is 12.1. The van der Waals surface area contributed by atoms with Gasteiger partial charge in [-0.1, -0.05) is 11.6 Å². The third-order valence-electron chi connectivity index (χ3n) is 3.65. The zero-order valence-corrected chi connectivity index (χ0v) is 15.9. The largest absolute Gasteiger partial charge is 0.325 e. The summed E-state index contributed by atoms with van der Waals surface area (Å²) in [6, 6.07) is 2.84. The maximum atomic E-state index is 14.3. The number of hydrogen-bond donors (Lipinski definition) is 0. The zero-order valence-electron chi connectivity index (χ0n) is 13.5. The Labute approximate surface area is 156 Å². The van der Waals surface area contributed by atoms with Gasteiger partial charge in [0.15, 0.2) is 0 Å². The highest BCUT2D eigenvalue weighted by Crippen LogP contribution is 2.33. The van der Waals surface area contributed by atoms with Gasteiger partial charge >= 0.3 is 4.87 Å². The molecule has 0 fully saturated rings. The van der Waals surface area contributed by atoms with Crippen LogP contribution in [0.3, 0.4) is 0 Å². The van der Waals surface area contributed by atoms with Gasteiger partial charge in [-0.15, -0.1) is 11.8 Å². The van der Waals surface area contributed by atoms with Gasteiger partial charge in [0.05, 0.1) is 18.7 Å². The number of thioether (sulfide) groups is 1. The molecule has 0 saturated heterocycles. The summed E-state index contributed by atoms with van der Waals surface area (Å²) in [7, 11) is 1.44. The van der Waals surface area contributed by atoms with E-state index in [1.807, 2.05) is 4.68 Å². The van der Waals surface area contributed by atoms with Crippen molar-refractivity contribution in [1.82, 2.24) is 9.36 Å². The smallest absolute Gasteiger partial charge is 0.256 e. The Morgan fingerprint density at radius 2 is 2.12 bits per heavy atom. The van der Waals surface area contributed by atoms with Gasteiger partial charge in [0.25, 0.3) is 0 Å². The maximum Gasteiger partial charge on any atom is 0.325 e. The lowest BCUT2D eigenvalue weighted by Crippen LogP contribution is -2.31. The fourth-order valence-corrected chi connectivity index (χ4v) is 4.47. The van der Waals surface area contributed by atoms with E-state index in [0.29, 0.717) is 40.2 Å². The van der Waals surface area contributed by atoms with Gasteiger partial charge in [0.2, 0.25) is 4.80 Å². The van der Waals surface area contributed by atoms with Crippen LogP contribution in [0.25, 0.3) is 0 Å². The number of halogens is 2. The molecule has 0 spiro atoms. The topological polar surface area (TPSA) is 57.8 Å². The SMILES string of the molecule is COOCCSc1cc(N=c2sc(=O)n3n2CCCC3)c(F)cc1Cl. The summed E-state index contributed by atoms with van der Waals surface area (Å²) in [5.74, 6) is 0.0843. The number of hydrogen-bond acceptors (Lipinski definition) is 6. The van der Waals surface area contributed by atoms with Crippen LogP contribution in [-0.2, 0) is 22.9 Å². The second-order valence-corrected chi connectivity index (χ2v) is 7.75. The van der Waals surface area contributed by atoms with E-state index in [4.69, 9.17) is 16.5 Å². The van der Waals surface area contributed by atoms with Crippen LogP contribution in [0.4, 0.5) is 10.1 Å². The van der Waals surface area contributed by atoms with Crippen LogP contribution in [-0.4, -0.2) is 28.8 Å².